The van der Waals surface area contributed by atoms with E-state index >= 15 is 0 Å². The first kappa shape index (κ1) is 19.0. The van der Waals surface area contributed by atoms with Crippen molar-refractivity contribution in [2.75, 3.05) is 18.5 Å². The number of hydrogen-bond donors (Lipinski definition) is 3. The first-order valence-corrected chi connectivity index (χ1v) is 8.81. The molecule has 3 rings (SSSR count). The molecule has 2 amide bonds. The van der Waals surface area contributed by atoms with E-state index in [1.54, 1.807) is 12.1 Å². The molecule has 1 saturated heterocycles. The van der Waals surface area contributed by atoms with Crippen LogP contribution in [0.25, 0.3) is 0 Å². The van der Waals surface area contributed by atoms with Gasteiger partial charge in [0.15, 0.2) is 0 Å². The molecule has 2 aromatic rings. The lowest BCUT2D eigenvalue weighted by atomic mass is 10.1. The summed E-state index contributed by atoms with van der Waals surface area (Å²) in [5, 5.41) is 8.78. The molecule has 1 heterocycles. The summed E-state index contributed by atoms with van der Waals surface area (Å²) in [6.07, 6.45) is -0.164. The van der Waals surface area contributed by atoms with Crippen LogP contribution in [0.1, 0.15) is 22.8 Å². The summed E-state index contributed by atoms with van der Waals surface area (Å²) in [5.74, 6) is -0.799. The van der Waals surface area contributed by atoms with Gasteiger partial charge in [-0.25, -0.2) is 4.39 Å². The fourth-order valence-corrected chi connectivity index (χ4v) is 2.84. The first-order valence-electron chi connectivity index (χ1n) is 8.81. The standard InChI is InChI=1S/C20H22FN3O3/c1-13-18(22-10-11-27-13)20(26)23-12-14-2-8-17(9-3-14)24-19(25)15-4-6-16(21)7-5-15/h2-9,13,18,22H,10-12H2,1H3,(H,23,26)(H,24,25)/t13-,18+/m1/s1. The van der Waals surface area contributed by atoms with Gasteiger partial charge in [0.1, 0.15) is 11.9 Å². The number of nitrogens with one attached hydrogen (secondary N) is 3. The minimum Gasteiger partial charge on any atom is -0.375 e. The summed E-state index contributed by atoms with van der Waals surface area (Å²) in [6, 6.07) is 12.2. The molecule has 142 valence electrons. The van der Waals surface area contributed by atoms with E-state index in [4.69, 9.17) is 4.74 Å². The number of halogens is 1. The van der Waals surface area contributed by atoms with Crippen molar-refractivity contribution in [1.82, 2.24) is 10.6 Å². The van der Waals surface area contributed by atoms with Gasteiger partial charge in [0, 0.05) is 24.3 Å². The Labute approximate surface area is 157 Å². The Kier molecular flexibility index (Phi) is 6.16. The van der Waals surface area contributed by atoms with E-state index in [2.05, 4.69) is 16.0 Å². The van der Waals surface area contributed by atoms with Crippen LogP contribution in [-0.2, 0) is 16.1 Å². The van der Waals surface area contributed by atoms with Gasteiger partial charge < -0.3 is 20.7 Å². The number of anilines is 1. The third kappa shape index (κ3) is 5.12. The van der Waals surface area contributed by atoms with Gasteiger partial charge in [0.05, 0.1) is 12.7 Å². The minimum absolute atomic E-state index is 0.101. The predicted octanol–water partition coefficient (Wildman–Crippen LogP) is 2.07. The third-order valence-corrected chi connectivity index (χ3v) is 4.38. The second-order valence-corrected chi connectivity index (χ2v) is 6.38. The maximum atomic E-state index is 12.9. The lowest BCUT2D eigenvalue weighted by molar-refractivity contribution is -0.129. The van der Waals surface area contributed by atoms with Crippen molar-refractivity contribution in [3.05, 3.63) is 65.5 Å². The number of carbonyl (C=O) groups is 2. The second kappa shape index (κ2) is 8.75. The molecule has 0 unspecified atom stereocenters. The quantitative estimate of drug-likeness (QED) is 0.752. The van der Waals surface area contributed by atoms with Crippen LogP contribution in [0.4, 0.5) is 10.1 Å². The lowest BCUT2D eigenvalue weighted by Crippen LogP contribution is -2.55. The number of rotatable bonds is 5. The molecule has 0 radical (unpaired) electrons. The molecule has 0 bridgehead atoms. The topological polar surface area (TPSA) is 79.5 Å². The van der Waals surface area contributed by atoms with Gasteiger partial charge in [0.25, 0.3) is 5.91 Å². The summed E-state index contributed by atoms with van der Waals surface area (Å²) >= 11 is 0. The molecule has 6 nitrogen and oxygen atoms in total. The van der Waals surface area contributed by atoms with E-state index in [9.17, 15) is 14.0 Å². The molecule has 7 heteroatoms. The number of carbonyl (C=O) groups excluding carboxylic acids is 2. The van der Waals surface area contributed by atoms with Crippen LogP contribution in [0.2, 0.25) is 0 Å². The highest BCUT2D eigenvalue weighted by molar-refractivity contribution is 6.04. The van der Waals surface area contributed by atoms with E-state index in [-0.39, 0.29) is 29.8 Å². The van der Waals surface area contributed by atoms with Gasteiger partial charge in [-0.2, -0.15) is 0 Å². The van der Waals surface area contributed by atoms with Gasteiger partial charge in [-0.15, -0.1) is 0 Å². The monoisotopic (exact) mass is 371 g/mol. The normalized spacial score (nSPS) is 19.3. The minimum atomic E-state index is -0.387. The fourth-order valence-electron chi connectivity index (χ4n) is 2.84. The summed E-state index contributed by atoms with van der Waals surface area (Å²) in [4.78, 5) is 24.4. The molecule has 1 fully saturated rings. The maximum Gasteiger partial charge on any atom is 0.255 e. The highest BCUT2D eigenvalue weighted by Gasteiger charge is 2.27. The zero-order valence-electron chi connectivity index (χ0n) is 15.0. The molecule has 1 aliphatic heterocycles. The van der Waals surface area contributed by atoms with E-state index < -0.39 is 0 Å². The SMILES string of the molecule is C[C@H]1OCCN[C@@H]1C(=O)NCc1ccc(NC(=O)c2ccc(F)cc2)cc1. The molecule has 1 aliphatic rings. The Bertz CT molecular complexity index is 793. The molecule has 0 spiro atoms. The van der Waals surface area contributed by atoms with Gasteiger partial charge in [-0.1, -0.05) is 12.1 Å². The molecule has 0 aliphatic carbocycles. The number of morpholine rings is 1. The van der Waals surface area contributed by atoms with Crippen molar-refractivity contribution in [3.8, 4) is 0 Å². The molecule has 3 N–H and O–H groups in total. The average molecular weight is 371 g/mol. The van der Waals surface area contributed by atoms with Gasteiger partial charge in [-0.3, -0.25) is 9.59 Å². The lowest BCUT2D eigenvalue weighted by Gasteiger charge is -2.29. The molecular formula is C20H22FN3O3. The Morgan fingerprint density at radius 2 is 1.85 bits per heavy atom. The van der Waals surface area contributed by atoms with Crippen LogP contribution < -0.4 is 16.0 Å². The van der Waals surface area contributed by atoms with E-state index in [1.807, 2.05) is 19.1 Å². The second-order valence-electron chi connectivity index (χ2n) is 6.38. The summed E-state index contributed by atoms with van der Waals surface area (Å²) in [5.41, 5.74) is 1.91. The van der Waals surface area contributed by atoms with E-state index in [1.165, 1.54) is 24.3 Å². The molecular weight excluding hydrogens is 349 g/mol. The molecule has 27 heavy (non-hydrogen) atoms. The maximum absolute atomic E-state index is 12.9. The molecule has 2 aromatic carbocycles. The van der Waals surface area contributed by atoms with Crippen LogP contribution in [0.3, 0.4) is 0 Å². The highest BCUT2D eigenvalue weighted by atomic mass is 19.1. The number of hydrogen-bond acceptors (Lipinski definition) is 4. The predicted molar refractivity (Wildman–Crippen MR) is 99.8 cm³/mol. The van der Waals surface area contributed by atoms with Gasteiger partial charge >= 0.3 is 0 Å². The number of benzene rings is 2. The third-order valence-electron chi connectivity index (χ3n) is 4.38. The van der Waals surface area contributed by atoms with Crippen LogP contribution in [0.5, 0.6) is 0 Å². The highest BCUT2D eigenvalue weighted by Crippen LogP contribution is 2.12. The van der Waals surface area contributed by atoms with Crippen LogP contribution in [-0.4, -0.2) is 37.1 Å². The first-order chi connectivity index (χ1) is 13.0. The Balaban J connectivity index is 1.51. The Morgan fingerprint density at radius 1 is 1.15 bits per heavy atom. The van der Waals surface area contributed by atoms with Crippen LogP contribution in [0.15, 0.2) is 48.5 Å². The van der Waals surface area contributed by atoms with Crippen molar-refractivity contribution in [1.29, 1.82) is 0 Å². The number of amides is 2. The van der Waals surface area contributed by atoms with Crippen molar-refractivity contribution >= 4 is 17.5 Å². The summed E-state index contributed by atoms with van der Waals surface area (Å²) in [7, 11) is 0. The Morgan fingerprint density at radius 3 is 2.52 bits per heavy atom. The zero-order valence-corrected chi connectivity index (χ0v) is 15.0. The Hall–Kier alpha value is -2.77. The average Bonchev–Trinajstić information content (AvgIpc) is 2.68. The number of ether oxygens (including phenoxy) is 1. The van der Waals surface area contributed by atoms with E-state index in [0.717, 1.165) is 5.56 Å². The molecule has 0 aromatic heterocycles. The fraction of sp³-hybridized carbons (Fsp3) is 0.300. The van der Waals surface area contributed by atoms with Crippen LogP contribution in [0, 0.1) is 5.82 Å². The summed E-state index contributed by atoms with van der Waals surface area (Å²) in [6.45, 7) is 3.52. The zero-order chi connectivity index (χ0) is 19.2. The smallest absolute Gasteiger partial charge is 0.255 e. The van der Waals surface area contributed by atoms with Crippen molar-refractivity contribution in [2.24, 2.45) is 0 Å². The van der Waals surface area contributed by atoms with Crippen molar-refractivity contribution in [2.45, 2.75) is 25.6 Å². The van der Waals surface area contributed by atoms with Crippen molar-refractivity contribution in [3.63, 3.8) is 0 Å². The largest absolute Gasteiger partial charge is 0.375 e. The van der Waals surface area contributed by atoms with E-state index in [0.29, 0.717) is 30.9 Å². The van der Waals surface area contributed by atoms with Gasteiger partial charge in [0.2, 0.25) is 5.91 Å². The van der Waals surface area contributed by atoms with Crippen molar-refractivity contribution < 1.29 is 18.7 Å². The van der Waals surface area contributed by atoms with Crippen LogP contribution >= 0.6 is 0 Å². The summed E-state index contributed by atoms with van der Waals surface area (Å²) < 4.78 is 18.4. The van der Waals surface area contributed by atoms with Gasteiger partial charge in [-0.05, 0) is 48.9 Å². The molecule has 0 saturated carbocycles. The molecule has 2 atom stereocenters.